The SMILES string of the molecule is Cc1cc(C(N)c2c(F)c(F)c(F)c(F)c2F)sc1Br. The molecule has 0 aliphatic heterocycles. The molecule has 2 rings (SSSR count). The van der Waals surface area contributed by atoms with Crippen LogP contribution in [0.1, 0.15) is 22.0 Å². The zero-order valence-electron chi connectivity index (χ0n) is 9.91. The highest BCUT2D eigenvalue weighted by atomic mass is 79.9. The molecule has 20 heavy (non-hydrogen) atoms. The molecule has 8 heteroatoms. The summed E-state index contributed by atoms with van der Waals surface area (Å²) in [5, 5.41) is 0. The number of aryl methyl sites for hydroxylation is 1. The first-order valence-electron chi connectivity index (χ1n) is 5.28. The number of rotatable bonds is 2. The molecule has 0 fully saturated rings. The molecule has 0 saturated heterocycles. The predicted molar refractivity (Wildman–Crippen MR) is 69.0 cm³/mol. The molecule has 0 spiro atoms. The Morgan fingerprint density at radius 3 is 1.85 bits per heavy atom. The van der Waals surface area contributed by atoms with Crippen LogP contribution in [-0.4, -0.2) is 0 Å². The molecule has 0 aliphatic carbocycles. The van der Waals surface area contributed by atoms with Crippen molar-refractivity contribution >= 4 is 27.3 Å². The molecular formula is C12H7BrF5NS. The van der Waals surface area contributed by atoms with E-state index in [4.69, 9.17) is 5.73 Å². The third-order valence-corrected chi connectivity index (χ3v) is 4.96. The van der Waals surface area contributed by atoms with Crippen molar-refractivity contribution in [3.63, 3.8) is 0 Å². The molecular weight excluding hydrogens is 365 g/mol. The molecule has 1 unspecified atom stereocenters. The summed E-state index contributed by atoms with van der Waals surface area (Å²) in [5.41, 5.74) is 5.36. The van der Waals surface area contributed by atoms with Gasteiger partial charge in [-0.3, -0.25) is 0 Å². The van der Waals surface area contributed by atoms with Crippen molar-refractivity contribution in [3.8, 4) is 0 Å². The number of thiophene rings is 1. The zero-order chi connectivity index (χ0) is 15.2. The number of nitrogens with two attached hydrogens (primary N) is 1. The van der Waals surface area contributed by atoms with E-state index in [1.807, 2.05) is 0 Å². The van der Waals surface area contributed by atoms with Gasteiger partial charge in [0.15, 0.2) is 23.3 Å². The van der Waals surface area contributed by atoms with Crippen LogP contribution in [0.2, 0.25) is 0 Å². The molecule has 1 heterocycles. The van der Waals surface area contributed by atoms with Gasteiger partial charge in [-0.25, -0.2) is 22.0 Å². The van der Waals surface area contributed by atoms with Crippen LogP contribution in [0.4, 0.5) is 22.0 Å². The van der Waals surface area contributed by atoms with Crippen molar-refractivity contribution in [1.29, 1.82) is 0 Å². The van der Waals surface area contributed by atoms with E-state index < -0.39 is 40.7 Å². The highest BCUT2D eigenvalue weighted by Crippen LogP contribution is 2.36. The third kappa shape index (κ3) is 2.36. The molecule has 0 saturated carbocycles. The van der Waals surface area contributed by atoms with Crippen LogP contribution >= 0.6 is 27.3 Å². The predicted octanol–water partition coefficient (Wildman–Crippen LogP) is 4.56. The van der Waals surface area contributed by atoms with Gasteiger partial charge in [-0.05, 0) is 34.5 Å². The van der Waals surface area contributed by atoms with Crippen LogP contribution in [0.15, 0.2) is 9.85 Å². The lowest BCUT2D eigenvalue weighted by Gasteiger charge is -2.13. The van der Waals surface area contributed by atoms with Gasteiger partial charge < -0.3 is 5.73 Å². The van der Waals surface area contributed by atoms with Crippen molar-refractivity contribution in [2.24, 2.45) is 5.73 Å². The Bertz CT molecular complexity index is 636. The van der Waals surface area contributed by atoms with Gasteiger partial charge in [0, 0.05) is 4.88 Å². The van der Waals surface area contributed by atoms with E-state index in [9.17, 15) is 22.0 Å². The first kappa shape index (κ1) is 15.4. The maximum atomic E-state index is 13.6. The maximum Gasteiger partial charge on any atom is 0.200 e. The van der Waals surface area contributed by atoms with Crippen molar-refractivity contribution in [2.45, 2.75) is 13.0 Å². The zero-order valence-corrected chi connectivity index (χ0v) is 12.3. The lowest BCUT2D eigenvalue weighted by molar-refractivity contribution is 0.367. The Labute approximate surface area is 123 Å². The van der Waals surface area contributed by atoms with E-state index in [0.717, 1.165) is 16.9 Å². The summed E-state index contributed by atoms with van der Waals surface area (Å²) in [6.07, 6.45) is 0. The summed E-state index contributed by atoms with van der Waals surface area (Å²) in [6, 6.07) is 0.0897. The first-order chi connectivity index (χ1) is 9.25. The number of hydrogen-bond donors (Lipinski definition) is 1. The van der Waals surface area contributed by atoms with E-state index in [1.165, 1.54) is 6.07 Å². The van der Waals surface area contributed by atoms with Crippen LogP contribution in [0, 0.1) is 36.0 Å². The minimum Gasteiger partial charge on any atom is -0.319 e. The van der Waals surface area contributed by atoms with E-state index in [0.29, 0.717) is 3.79 Å². The second kappa shape index (κ2) is 5.42. The normalized spacial score (nSPS) is 12.8. The minimum absolute atomic E-state index is 0.289. The minimum atomic E-state index is -2.19. The second-order valence-corrected chi connectivity index (χ2v) is 6.47. The van der Waals surface area contributed by atoms with Crippen LogP contribution in [0.25, 0.3) is 0 Å². The molecule has 0 amide bonds. The van der Waals surface area contributed by atoms with Gasteiger partial charge in [0.1, 0.15) is 0 Å². The third-order valence-electron chi connectivity index (χ3n) is 2.74. The molecule has 0 aliphatic rings. The Morgan fingerprint density at radius 2 is 1.45 bits per heavy atom. The van der Waals surface area contributed by atoms with E-state index >= 15 is 0 Å². The lowest BCUT2D eigenvalue weighted by atomic mass is 10.0. The number of hydrogen-bond acceptors (Lipinski definition) is 2. The molecule has 1 aromatic heterocycles. The van der Waals surface area contributed by atoms with Crippen molar-refractivity contribution in [3.05, 3.63) is 54.9 Å². The summed E-state index contributed by atoms with van der Waals surface area (Å²) in [6.45, 7) is 1.72. The second-order valence-electron chi connectivity index (χ2n) is 4.07. The topological polar surface area (TPSA) is 26.0 Å². The van der Waals surface area contributed by atoms with Gasteiger partial charge in [-0.2, -0.15) is 0 Å². The molecule has 0 bridgehead atoms. The fourth-order valence-corrected chi connectivity index (χ4v) is 3.26. The number of benzene rings is 1. The van der Waals surface area contributed by atoms with Crippen LogP contribution < -0.4 is 5.73 Å². The fraction of sp³-hybridized carbons (Fsp3) is 0.167. The highest BCUT2D eigenvalue weighted by molar-refractivity contribution is 9.11. The molecule has 1 atom stereocenters. The quantitative estimate of drug-likeness (QED) is 0.467. The van der Waals surface area contributed by atoms with Crippen molar-refractivity contribution in [2.75, 3.05) is 0 Å². The molecule has 2 N–H and O–H groups in total. The average Bonchev–Trinajstić information content (AvgIpc) is 2.74. The van der Waals surface area contributed by atoms with Crippen LogP contribution in [0.5, 0.6) is 0 Å². The Balaban J connectivity index is 2.63. The van der Waals surface area contributed by atoms with Crippen molar-refractivity contribution < 1.29 is 22.0 Å². The summed E-state index contributed by atoms with van der Waals surface area (Å²) >= 11 is 4.27. The first-order valence-corrected chi connectivity index (χ1v) is 6.89. The van der Waals surface area contributed by atoms with Gasteiger partial charge >= 0.3 is 0 Å². The Morgan fingerprint density at radius 1 is 1.00 bits per heavy atom. The standard InChI is InChI=1S/C12H7BrF5NS/c1-3-2-4(20-12(3)13)11(19)5-6(14)8(16)10(18)9(17)7(5)15/h2,11H,19H2,1H3. The monoisotopic (exact) mass is 371 g/mol. The molecule has 1 aromatic carbocycles. The highest BCUT2D eigenvalue weighted by Gasteiger charge is 2.30. The molecule has 2 aromatic rings. The summed E-state index contributed by atoms with van der Waals surface area (Å²) in [5.74, 6) is -10.0. The van der Waals surface area contributed by atoms with E-state index in [-0.39, 0.29) is 4.88 Å². The van der Waals surface area contributed by atoms with Gasteiger partial charge in [-0.1, -0.05) is 0 Å². The smallest absolute Gasteiger partial charge is 0.200 e. The average molecular weight is 372 g/mol. The van der Waals surface area contributed by atoms with Gasteiger partial charge in [-0.15, -0.1) is 11.3 Å². The van der Waals surface area contributed by atoms with E-state index in [1.54, 1.807) is 6.92 Å². The van der Waals surface area contributed by atoms with E-state index in [2.05, 4.69) is 15.9 Å². The lowest BCUT2D eigenvalue weighted by Crippen LogP contribution is -2.18. The molecule has 108 valence electrons. The van der Waals surface area contributed by atoms with Crippen molar-refractivity contribution in [1.82, 2.24) is 0 Å². The number of halogens is 6. The summed E-state index contributed by atoms with van der Waals surface area (Å²) < 4.78 is 67.2. The van der Waals surface area contributed by atoms with Gasteiger partial charge in [0.05, 0.1) is 15.4 Å². The maximum absolute atomic E-state index is 13.6. The molecule has 0 radical (unpaired) electrons. The van der Waals surface area contributed by atoms with Crippen LogP contribution in [-0.2, 0) is 0 Å². The van der Waals surface area contributed by atoms with Crippen LogP contribution in [0.3, 0.4) is 0 Å². The Hall–Kier alpha value is -0.990. The largest absolute Gasteiger partial charge is 0.319 e. The van der Waals surface area contributed by atoms with Gasteiger partial charge in [0.25, 0.3) is 0 Å². The molecule has 1 nitrogen and oxygen atoms in total. The fourth-order valence-electron chi connectivity index (χ4n) is 1.67. The van der Waals surface area contributed by atoms with Gasteiger partial charge in [0.2, 0.25) is 5.82 Å². The summed E-state index contributed by atoms with van der Waals surface area (Å²) in [4.78, 5) is 0.289. The summed E-state index contributed by atoms with van der Waals surface area (Å²) in [7, 11) is 0. The Kier molecular flexibility index (Phi) is 4.17.